The van der Waals surface area contributed by atoms with Gasteiger partial charge in [-0.05, 0) is 30.7 Å². The maximum Gasteiger partial charge on any atom is 0.277 e. The Morgan fingerprint density at radius 3 is 2.69 bits per heavy atom. The third kappa shape index (κ3) is 3.52. The molecule has 0 atom stereocenters. The smallest absolute Gasteiger partial charge is 0.277 e. The van der Waals surface area contributed by atoms with Crippen molar-refractivity contribution in [2.75, 3.05) is 7.11 Å². The minimum Gasteiger partial charge on any atom is -0.497 e. The number of rotatable bonds is 7. The van der Waals surface area contributed by atoms with E-state index < -0.39 is 0 Å². The molecule has 0 spiro atoms. The molecule has 3 aromatic heterocycles. The molecular formula is C20H21N5O4. The highest BCUT2D eigenvalue weighted by atomic mass is 16.5. The zero-order chi connectivity index (χ0) is 20.4. The van der Waals surface area contributed by atoms with Gasteiger partial charge in [-0.25, -0.2) is 4.52 Å². The van der Waals surface area contributed by atoms with Crippen LogP contribution in [0.25, 0.3) is 16.8 Å². The van der Waals surface area contributed by atoms with Crippen LogP contribution in [0.1, 0.15) is 30.6 Å². The second-order valence-corrected chi connectivity index (χ2v) is 6.59. The first-order chi connectivity index (χ1) is 14.1. The van der Waals surface area contributed by atoms with Crippen molar-refractivity contribution in [3.63, 3.8) is 0 Å². The summed E-state index contributed by atoms with van der Waals surface area (Å²) in [7, 11) is 1.59. The molecule has 29 heavy (non-hydrogen) atoms. The Balaban J connectivity index is 1.75. The third-order valence-electron chi connectivity index (χ3n) is 4.67. The second-order valence-electron chi connectivity index (χ2n) is 6.59. The number of hydrogen-bond acceptors (Lipinski definition) is 7. The zero-order valence-electron chi connectivity index (χ0n) is 16.2. The summed E-state index contributed by atoms with van der Waals surface area (Å²) in [6, 6.07) is 7.29. The summed E-state index contributed by atoms with van der Waals surface area (Å²) in [5.41, 5.74) is 1.82. The van der Waals surface area contributed by atoms with Crippen LogP contribution in [-0.2, 0) is 19.6 Å². The maximum atomic E-state index is 13.1. The Morgan fingerprint density at radius 1 is 1.21 bits per heavy atom. The van der Waals surface area contributed by atoms with Gasteiger partial charge in [0.2, 0.25) is 5.89 Å². The highest BCUT2D eigenvalue weighted by Gasteiger charge is 2.18. The summed E-state index contributed by atoms with van der Waals surface area (Å²) < 4.78 is 13.4. The molecule has 9 heteroatoms. The summed E-state index contributed by atoms with van der Waals surface area (Å²) in [4.78, 5) is 17.4. The van der Waals surface area contributed by atoms with Crippen LogP contribution < -0.4 is 10.3 Å². The number of fused-ring (bicyclic) bond motifs is 1. The highest BCUT2D eigenvalue weighted by molar-refractivity contribution is 5.72. The fourth-order valence-electron chi connectivity index (χ4n) is 3.23. The van der Waals surface area contributed by atoms with Crippen LogP contribution in [0.4, 0.5) is 0 Å². The number of aryl methyl sites for hydroxylation is 1. The van der Waals surface area contributed by atoms with E-state index in [0.29, 0.717) is 34.2 Å². The molecule has 4 aromatic rings. The largest absolute Gasteiger partial charge is 0.497 e. The van der Waals surface area contributed by atoms with Crippen molar-refractivity contribution >= 4 is 5.52 Å². The molecule has 150 valence electrons. The Bertz CT molecular complexity index is 1190. The van der Waals surface area contributed by atoms with Crippen LogP contribution in [0.5, 0.6) is 5.75 Å². The monoisotopic (exact) mass is 395 g/mol. The fraction of sp³-hybridized carbons (Fsp3) is 0.300. The zero-order valence-corrected chi connectivity index (χ0v) is 16.2. The SMILES string of the molecule is CCCc1noc(Cn2ccn3nc(-c4ccc(OC)cc4)c(CO)c3c2=O)n1. The van der Waals surface area contributed by atoms with Gasteiger partial charge in [0.15, 0.2) is 5.82 Å². The summed E-state index contributed by atoms with van der Waals surface area (Å²) in [5, 5.41) is 18.4. The third-order valence-corrected chi connectivity index (χ3v) is 4.67. The first-order valence-electron chi connectivity index (χ1n) is 9.32. The Morgan fingerprint density at radius 2 is 2.00 bits per heavy atom. The Labute approximate surface area is 166 Å². The van der Waals surface area contributed by atoms with E-state index in [4.69, 9.17) is 9.26 Å². The molecule has 0 aliphatic carbocycles. The average molecular weight is 395 g/mol. The number of ether oxygens (including phenoxy) is 1. The number of aliphatic hydroxyl groups is 1. The van der Waals surface area contributed by atoms with E-state index in [2.05, 4.69) is 15.2 Å². The fourth-order valence-corrected chi connectivity index (χ4v) is 3.23. The van der Waals surface area contributed by atoms with Gasteiger partial charge in [0, 0.05) is 29.9 Å². The first-order valence-corrected chi connectivity index (χ1v) is 9.32. The number of methoxy groups -OCH3 is 1. The molecule has 0 unspecified atom stereocenters. The predicted molar refractivity (Wildman–Crippen MR) is 105 cm³/mol. The number of aliphatic hydroxyl groups excluding tert-OH is 1. The van der Waals surface area contributed by atoms with Crippen molar-refractivity contribution in [3.05, 3.63) is 64.3 Å². The van der Waals surface area contributed by atoms with E-state index in [0.717, 1.165) is 18.4 Å². The Kier molecular flexibility index (Phi) is 5.13. The van der Waals surface area contributed by atoms with Gasteiger partial charge in [-0.2, -0.15) is 10.1 Å². The lowest BCUT2D eigenvalue weighted by molar-refractivity contribution is 0.283. The van der Waals surface area contributed by atoms with E-state index in [-0.39, 0.29) is 18.7 Å². The molecule has 0 aliphatic heterocycles. The van der Waals surface area contributed by atoms with Crippen molar-refractivity contribution in [1.29, 1.82) is 0 Å². The quantitative estimate of drug-likeness (QED) is 0.510. The normalized spacial score (nSPS) is 11.3. The molecule has 4 rings (SSSR count). The van der Waals surface area contributed by atoms with Gasteiger partial charge in [-0.3, -0.25) is 4.79 Å². The Hall–Kier alpha value is -3.46. The maximum absolute atomic E-state index is 13.1. The van der Waals surface area contributed by atoms with Crippen LogP contribution in [0.15, 0.2) is 46.0 Å². The lowest BCUT2D eigenvalue weighted by atomic mass is 10.1. The molecule has 1 aromatic carbocycles. The number of hydrogen-bond donors (Lipinski definition) is 1. The molecule has 1 N–H and O–H groups in total. The summed E-state index contributed by atoms with van der Waals surface area (Å²) >= 11 is 0. The summed E-state index contributed by atoms with van der Waals surface area (Å²) in [6.45, 7) is 1.87. The minimum absolute atomic E-state index is 0.153. The lowest BCUT2D eigenvalue weighted by Crippen LogP contribution is -2.22. The highest BCUT2D eigenvalue weighted by Crippen LogP contribution is 2.26. The van der Waals surface area contributed by atoms with E-state index in [9.17, 15) is 9.90 Å². The van der Waals surface area contributed by atoms with Crippen LogP contribution >= 0.6 is 0 Å². The molecule has 0 bridgehead atoms. The van der Waals surface area contributed by atoms with Gasteiger partial charge in [0.1, 0.15) is 17.8 Å². The molecule has 0 amide bonds. The van der Waals surface area contributed by atoms with Crippen molar-refractivity contribution < 1.29 is 14.4 Å². The van der Waals surface area contributed by atoms with Crippen LogP contribution in [-0.4, -0.2) is 36.5 Å². The van der Waals surface area contributed by atoms with E-state index in [1.165, 1.54) is 9.08 Å². The number of nitrogens with zero attached hydrogens (tertiary/aromatic N) is 5. The number of aromatic nitrogens is 5. The predicted octanol–water partition coefficient (Wildman–Crippen LogP) is 2.05. The van der Waals surface area contributed by atoms with Gasteiger partial charge < -0.3 is 18.9 Å². The number of benzene rings is 1. The van der Waals surface area contributed by atoms with Crippen molar-refractivity contribution in [3.8, 4) is 17.0 Å². The molecular weight excluding hydrogens is 374 g/mol. The minimum atomic E-state index is -0.314. The van der Waals surface area contributed by atoms with Gasteiger partial charge in [0.25, 0.3) is 5.56 Å². The first kappa shape index (κ1) is 18.9. The molecule has 3 heterocycles. The van der Waals surface area contributed by atoms with E-state index in [1.54, 1.807) is 19.5 Å². The van der Waals surface area contributed by atoms with Gasteiger partial charge >= 0.3 is 0 Å². The van der Waals surface area contributed by atoms with Gasteiger partial charge in [-0.1, -0.05) is 12.1 Å². The van der Waals surface area contributed by atoms with E-state index in [1.807, 2.05) is 31.2 Å². The average Bonchev–Trinajstić information content (AvgIpc) is 3.35. The molecule has 0 saturated heterocycles. The van der Waals surface area contributed by atoms with Crippen LogP contribution in [0, 0.1) is 0 Å². The molecule has 0 radical (unpaired) electrons. The molecule has 0 saturated carbocycles. The van der Waals surface area contributed by atoms with Crippen LogP contribution in [0.3, 0.4) is 0 Å². The van der Waals surface area contributed by atoms with Crippen molar-refractivity contribution in [1.82, 2.24) is 24.3 Å². The summed E-state index contributed by atoms with van der Waals surface area (Å²) in [6.07, 6.45) is 4.92. The molecule has 9 nitrogen and oxygen atoms in total. The summed E-state index contributed by atoms with van der Waals surface area (Å²) in [5.74, 6) is 1.70. The van der Waals surface area contributed by atoms with Crippen molar-refractivity contribution in [2.45, 2.75) is 32.9 Å². The van der Waals surface area contributed by atoms with Gasteiger partial charge in [-0.15, -0.1) is 0 Å². The van der Waals surface area contributed by atoms with Crippen LogP contribution in [0.2, 0.25) is 0 Å². The standard InChI is InChI=1S/C20H21N5O4/c1-3-4-16-21-17(29-23-16)11-24-9-10-25-19(20(24)27)15(12-26)18(22-25)13-5-7-14(28-2)8-6-13/h5-10,26H,3-4,11-12H2,1-2H3. The van der Waals surface area contributed by atoms with Gasteiger partial charge in [0.05, 0.1) is 19.4 Å². The molecule has 0 fully saturated rings. The topological polar surface area (TPSA) is 108 Å². The van der Waals surface area contributed by atoms with Crippen molar-refractivity contribution in [2.24, 2.45) is 0 Å². The molecule has 0 aliphatic rings. The lowest BCUT2D eigenvalue weighted by Gasteiger charge is -2.04. The van der Waals surface area contributed by atoms with E-state index >= 15 is 0 Å². The second kappa shape index (κ2) is 7.88.